The van der Waals surface area contributed by atoms with E-state index in [-0.39, 0.29) is 25.3 Å². The van der Waals surface area contributed by atoms with Gasteiger partial charge in [-0.15, -0.1) is 11.8 Å². The fourth-order valence-corrected chi connectivity index (χ4v) is 4.26. The van der Waals surface area contributed by atoms with Crippen LogP contribution in [0.5, 0.6) is 5.75 Å². The Labute approximate surface area is 236 Å². The molecule has 0 spiro atoms. The molecular weight excluding hydrogens is 571 g/mol. The molecule has 7 nitrogen and oxygen atoms in total. The van der Waals surface area contributed by atoms with E-state index in [9.17, 15) is 36.3 Å². The summed E-state index contributed by atoms with van der Waals surface area (Å²) in [5.74, 6) is -6.27. The van der Waals surface area contributed by atoms with Gasteiger partial charge in [0.1, 0.15) is 18.9 Å². The lowest BCUT2D eigenvalue weighted by Crippen LogP contribution is -2.41. The number of carbonyl (C=O) groups excluding carboxylic acids is 3. The molecule has 13 heteroatoms. The highest BCUT2D eigenvalue weighted by Gasteiger charge is 2.42. The van der Waals surface area contributed by atoms with Crippen molar-refractivity contribution in [2.24, 2.45) is 0 Å². The molecule has 3 aromatic carbocycles. The molecule has 0 heterocycles. The van der Waals surface area contributed by atoms with Crippen molar-refractivity contribution in [3.8, 4) is 16.9 Å². The number of alkyl halides is 3. The third-order valence-corrected chi connectivity index (χ3v) is 6.44. The first-order chi connectivity index (χ1) is 19.4. The van der Waals surface area contributed by atoms with Gasteiger partial charge in [0.05, 0.1) is 0 Å². The number of rotatable bonds is 11. The number of likely N-dealkylation sites (N-methyl/N-ethyl adjacent to an activating group) is 1. The maximum Gasteiger partial charge on any atom is 0.491 e. The summed E-state index contributed by atoms with van der Waals surface area (Å²) in [4.78, 5) is 37.5. The van der Waals surface area contributed by atoms with E-state index in [0.29, 0.717) is 27.3 Å². The molecule has 0 aromatic heterocycles. The first kappa shape index (κ1) is 31.6. The summed E-state index contributed by atoms with van der Waals surface area (Å²) in [6.45, 7) is -0.659. The minimum atomic E-state index is -5.35. The molecule has 1 N–H and O–H groups in total. The third-order valence-electron chi connectivity index (χ3n) is 5.66. The number of benzene rings is 3. The highest BCUT2D eigenvalue weighted by molar-refractivity contribution is 7.98. The highest BCUT2D eigenvalue weighted by atomic mass is 32.2. The first-order valence-electron chi connectivity index (χ1n) is 12.0. The van der Waals surface area contributed by atoms with Gasteiger partial charge >= 0.3 is 18.1 Å². The number of hydrogen-bond donors (Lipinski definition) is 1. The number of amides is 1. The Morgan fingerprint density at radius 2 is 1.66 bits per heavy atom. The SMILES string of the molecule is CNCCN(CC(=O)OC(=O)C(F)(F)F)C(=O)c1cccc(COc2ccc(-c3cc(F)c(F)cc3SC)cc2)c1. The van der Waals surface area contributed by atoms with E-state index in [1.54, 1.807) is 49.7 Å². The number of thioether (sulfide) groups is 1. The van der Waals surface area contributed by atoms with E-state index in [1.165, 1.54) is 23.9 Å². The Hall–Kier alpha value is -3.97. The highest BCUT2D eigenvalue weighted by Crippen LogP contribution is 2.33. The molecule has 0 bridgehead atoms. The minimum Gasteiger partial charge on any atom is -0.489 e. The molecule has 41 heavy (non-hydrogen) atoms. The zero-order valence-corrected chi connectivity index (χ0v) is 22.7. The van der Waals surface area contributed by atoms with Crippen LogP contribution in [0.15, 0.2) is 65.6 Å². The molecular formula is C28H25F5N2O5S. The largest absolute Gasteiger partial charge is 0.491 e. The smallest absolute Gasteiger partial charge is 0.489 e. The molecule has 3 rings (SSSR count). The second kappa shape index (κ2) is 14.1. The summed E-state index contributed by atoms with van der Waals surface area (Å²) in [6, 6.07) is 15.2. The molecule has 1 amide bonds. The molecule has 0 fully saturated rings. The van der Waals surface area contributed by atoms with Gasteiger partial charge in [-0.1, -0.05) is 24.3 Å². The van der Waals surface area contributed by atoms with E-state index in [1.807, 2.05) is 0 Å². The van der Waals surface area contributed by atoms with Crippen LogP contribution in [-0.4, -0.2) is 61.9 Å². The van der Waals surface area contributed by atoms with Gasteiger partial charge < -0.3 is 19.7 Å². The Balaban J connectivity index is 1.68. The van der Waals surface area contributed by atoms with E-state index < -0.39 is 42.2 Å². The lowest BCUT2D eigenvalue weighted by Gasteiger charge is -2.22. The summed E-state index contributed by atoms with van der Waals surface area (Å²) >= 11 is 1.28. The molecule has 0 aliphatic rings. The molecule has 0 saturated carbocycles. The van der Waals surface area contributed by atoms with Crippen LogP contribution in [0, 0.1) is 11.6 Å². The van der Waals surface area contributed by atoms with Gasteiger partial charge in [0, 0.05) is 23.5 Å². The summed E-state index contributed by atoms with van der Waals surface area (Å²) in [5.41, 5.74) is 1.90. The zero-order chi connectivity index (χ0) is 30.2. The first-order valence-corrected chi connectivity index (χ1v) is 13.3. The van der Waals surface area contributed by atoms with Gasteiger partial charge in [0.2, 0.25) is 0 Å². The van der Waals surface area contributed by atoms with E-state index in [2.05, 4.69) is 10.1 Å². The van der Waals surface area contributed by atoms with Crippen molar-refractivity contribution < 1.29 is 45.8 Å². The van der Waals surface area contributed by atoms with Gasteiger partial charge in [0.15, 0.2) is 11.6 Å². The van der Waals surface area contributed by atoms with Crippen LogP contribution in [0.3, 0.4) is 0 Å². The fourth-order valence-electron chi connectivity index (χ4n) is 3.65. The van der Waals surface area contributed by atoms with Crippen molar-refractivity contribution in [3.05, 3.63) is 83.4 Å². The summed E-state index contributed by atoms with van der Waals surface area (Å²) in [5, 5.41) is 2.77. The quantitative estimate of drug-likeness (QED) is 0.141. The van der Waals surface area contributed by atoms with Crippen LogP contribution in [-0.2, 0) is 20.9 Å². The number of nitrogens with zero attached hydrogens (tertiary/aromatic N) is 1. The molecule has 0 unspecified atom stereocenters. The Bertz CT molecular complexity index is 1400. The molecule has 0 aliphatic carbocycles. The number of halogens is 5. The number of esters is 2. The topological polar surface area (TPSA) is 84.9 Å². The van der Waals surface area contributed by atoms with E-state index in [4.69, 9.17) is 4.74 Å². The summed E-state index contributed by atoms with van der Waals surface area (Å²) in [6.07, 6.45) is -3.59. The lowest BCUT2D eigenvalue weighted by atomic mass is 10.1. The van der Waals surface area contributed by atoms with Gasteiger partial charge in [0.25, 0.3) is 5.91 Å². The zero-order valence-electron chi connectivity index (χ0n) is 21.9. The number of hydrogen-bond acceptors (Lipinski definition) is 7. The van der Waals surface area contributed by atoms with Crippen LogP contribution in [0.4, 0.5) is 22.0 Å². The molecule has 0 radical (unpaired) electrons. The molecule has 0 atom stereocenters. The van der Waals surface area contributed by atoms with Crippen molar-refractivity contribution in [3.63, 3.8) is 0 Å². The van der Waals surface area contributed by atoms with Crippen LogP contribution >= 0.6 is 11.8 Å². The lowest BCUT2D eigenvalue weighted by molar-refractivity contribution is -0.202. The van der Waals surface area contributed by atoms with Gasteiger partial charge in [-0.25, -0.2) is 18.4 Å². The van der Waals surface area contributed by atoms with Crippen LogP contribution in [0.2, 0.25) is 0 Å². The standard InChI is InChI=1S/C28H25F5N2O5S/c1-34-10-11-35(15-25(36)40-27(38)28(31,32)33)26(37)19-5-3-4-17(12-19)16-39-20-8-6-18(7-9-20)21-13-22(29)23(30)14-24(21)41-2/h3-9,12-14,34H,10-11,15-16H2,1-2H3. The second-order valence-corrected chi connectivity index (χ2v) is 9.42. The van der Waals surface area contributed by atoms with Crippen molar-refractivity contribution in [1.29, 1.82) is 0 Å². The molecule has 0 saturated heterocycles. The molecule has 0 aliphatic heterocycles. The summed E-state index contributed by atoms with van der Waals surface area (Å²) in [7, 11) is 1.58. The minimum absolute atomic E-state index is 0.0420. The Kier molecular flexibility index (Phi) is 10.8. The molecule has 218 valence electrons. The maximum atomic E-state index is 13.8. The van der Waals surface area contributed by atoms with Gasteiger partial charge in [-0.3, -0.25) is 4.79 Å². The van der Waals surface area contributed by atoms with Crippen molar-refractivity contribution in [2.75, 3.05) is 32.9 Å². The Morgan fingerprint density at radius 1 is 0.976 bits per heavy atom. The average molecular weight is 597 g/mol. The third kappa shape index (κ3) is 8.76. The maximum absolute atomic E-state index is 13.8. The van der Waals surface area contributed by atoms with Gasteiger partial charge in [-0.05, 0) is 66.4 Å². The number of nitrogens with one attached hydrogen (secondary N) is 1. The monoisotopic (exact) mass is 596 g/mol. The predicted molar refractivity (Wildman–Crippen MR) is 141 cm³/mol. The Morgan fingerprint density at radius 3 is 2.29 bits per heavy atom. The number of carbonyl (C=O) groups is 3. The van der Waals surface area contributed by atoms with Crippen LogP contribution in [0.1, 0.15) is 15.9 Å². The normalized spacial score (nSPS) is 11.2. The van der Waals surface area contributed by atoms with E-state index in [0.717, 1.165) is 17.0 Å². The van der Waals surface area contributed by atoms with E-state index >= 15 is 0 Å². The number of ether oxygens (including phenoxy) is 2. The second-order valence-electron chi connectivity index (χ2n) is 8.57. The fraction of sp³-hybridized carbons (Fsp3) is 0.250. The summed E-state index contributed by atoms with van der Waals surface area (Å²) < 4.78 is 74.2. The average Bonchev–Trinajstić information content (AvgIpc) is 2.94. The van der Waals surface area contributed by atoms with Crippen molar-refractivity contribution in [2.45, 2.75) is 17.7 Å². The van der Waals surface area contributed by atoms with Crippen LogP contribution in [0.25, 0.3) is 11.1 Å². The van der Waals surface area contributed by atoms with Crippen LogP contribution < -0.4 is 10.1 Å². The van der Waals surface area contributed by atoms with Crippen molar-refractivity contribution >= 4 is 29.6 Å². The van der Waals surface area contributed by atoms with Crippen molar-refractivity contribution in [1.82, 2.24) is 10.2 Å². The molecule has 3 aromatic rings. The predicted octanol–water partition coefficient (Wildman–Crippen LogP) is 5.23. The van der Waals surface area contributed by atoms with Gasteiger partial charge in [-0.2, -0.15) is 13.2 Å².